The molecule has 0 atom stereocenters. The van der Waals surface area contributed by atoms with E-state index in [-0.39, 0.29) is 0 Å². The quantitative estimate of drug-likeness (QED) is 0.709. The number of thiophene rings is 1. The molecule has 2 aromatic heterocycles. The van der Waals surface area contributed by atoms with Gasteiger partial charge in [-0.25, -0.2) is 4.98 Å². The van der Waals surface area contributed by atoms with Gasteiger partial charge >= 0.3 is 0 Å². The molecule has 0 amide bonds. The van der Waals surface area contributed by atoms with Crippen molar-refractivity contribution in [1.82, 2.24) is 4.98 Å². The number of aryl methyl sites for hydroxylation is 1. The van der Waals surface area contributed by atoms with E-state index in [4.69, 9.17) is 17.3 Å². The van der Waals surface area contributed by atoms with E-state index < -0.39 is 0 Å². The number of fused-ring (bicyclic) bond motifs is 1. The summed E-state index contributed by atoms with van der Waals surface area (Å²) < 4.78 is 1.24. The highest BCUT2D eigenvalue weighted by molar-refractivity contribution is 7.22. The fourth-order valence-corrected chi connectivity index (χ4v) is 3.42. The van der Waals surface area contributed by atoms with Crippen LogP contribution in [0.1, 0.15) is 5.56 Å². The Bertz CT molecular complexity index is 734. The molecule has 0 saturated carbocycles. The van der Waals surface area contributed by atoms with Crippen LogP contribution < -0.4 is 5.73 Å². The zero-order valence-corrected chi connectivity index (χ0v) is 11.3. The predicted octanol–water partition coefficient (Wildman–Crippen LogP) is 4.51. The molecule has 1 aromatic carbocycles. The molecule has 90 valence electrons. The molecule has 18 heavy (non-hydrogen) atoms. The van der Waals surface area contributed by atoms with Crippen molar-refractivity contribution in [2.75, 3.05) is 5.73 Å². The van der Waals surface area contributed by atoms with Crippen molar-refractivity contribution in [3.63, 3.8) is 0 Å². The van der Waals surface area contributed by atoms with E-state index >= 15 is 0 Å². The van der Waals surface area contributed by atoms with Gasteiger partial charge in [-0.1, -0.05) is 11.6 Å². The first-order valence-corrected chi connectivity index (χ1v) is 6.75. The normalized spacial score (nSPS) is 11.0. The third-order valence-electron chi connectivity index (χ3n) is 2.94. The fraction of sp³-hybridized carbons (Fsp3) is 0.0714. The van der Waals surface area contributed by atoms with Gasteiger partial charge < -0.3 is 5.73 Å². The predicted molar refractivity (Wildman–Crippen MR) is 79.2 cm³/mol. The van der Waals surface area contributed by atoms with E-state index in [1.807, 2.05) is 24.3 Å². The standard InChI is InChI=1S/C14H11ClN2S/c1-8-11-7-10(15)2-3-12(11)18-14(8)9-4-5-17-13(16)6-9/h2-7H,1H3,(H2,16,17). The Morgan fingerprint density at radius 1 is 1.22 bits per heavy atom. The second kappa shape index (κ2) is 4.26. The van der Waals surface area contributed by atoms with Gasteiger partial charge in [0.05, 0.1) is 0 Å². The lowest BCUT2D eigenvalue weighted by atomic mass is 10.1. The van der Waals surface area contributed by atoms with Gasteiger partial charge in [0.25, 0.3) is 0 Å². The number of nitrogen functional groups attached to an aromatic ring is 1. The summed E-state index contributed by atoms with van der Waals surface area (Å²) in [5, 5.41) is 1.97. The Kier molecular flexibility index (Phi) is 2.73. The van der Waals surface area contributed by atoms with Crippen LogP contribution in [0.5, 0.6) is 0 Å². The number of anilines is 1. The van der Waals surface area contributed by atoms with Crippen LogP contribution in [0.25, 0.3) is 20.5 Å². The number of hydrogen-bond donors (Lipinski definition) is 1. The third-order valence-corrected chi connectivity index (χ3v) is 4.50. The van der Waals surface area contributed by atoms with Gasteiger partial charge in [-0.3, -0.25) is 0 Å². The molecule has 0 radical (unpaired) electrons. The van der Waals surface area contributed by atoms with Crippen molar-refractivity contribution in [3.8, 4) is 10.4 Å². The summed E-state index contributed by atoms with van der Waals surface area (Å²) in [4.78, 5) is 5.25. The molecule has 0 unspecified atom stereocenters. The zero-order valence-electron chi connectivity index (χ0n) is 9.77. The van der Waals surface area contributed by atoms with Crippen molar-refractivity contribution in [2.45, 2.75) is 6.92 Å². The van der Waals surface area contributed by atoms with Crippen LogP contribution in [0.4, 0.5) is 5.82 Å². The van der Waals surface area contributed by atoms with E-state index in [1.165, 1.54) is 20.5 Å². The minimum atomic E-state index is 0.544. The van der Waals surface area contributed by atoms with E-state index in [0.29, 0.717) is 5.82 Å². The smallest absolute Gasteiger partial charge is 0.123 e. The lowest BCUT2D eigenvalue weighted by Gasteiger charge is -2.00. The van der Waals surface area contributed by atoms with E-state index in [1.54, 1.807) is 17.5 Å². The Morgan fingerprint density at radius 3 is 2.83 bits per heavy atom. The van der Waals surface area contributed by atoms with Gasteiger partial charge in [-0.2, -0.15) is 0 Å². The molecule has 0 spiro atoms. The second-order valence-electron chi connectivity index (χ2n) is 4.17. The van der Waals surface area contributed by atoms with Crippen LogP contribution in [0.2, 0.25) is 5.02 Å². The first kappa shape index (κ1) is 11.5. The average Bonchev–Trinajstić information content (AvgIpc) is 2.67. The number of nitrogens with two attached hydrogens (primary N) is 1. The van der Waals surface area contributed by atoms with Crippen LogP contribution in [-0.2, 0) is 0 Å². The summed E-state index contributed by atoms with van der Waals surface area (Å²) in [6, 6.07) is 9.87. The molecule has 4 heteroatoms. The number of pyridine rings is 1. The maximum absolute atomic E-state index is 6.05. The number of benzene rings is 1. The lowest BCUT2D eigenvalue weighted by molar-refractivity contribution is 1.34. The molecule has 2 heterocycles. The Balaban J connectivity index is 2.27. The number of nitrogens with zero attached hydrogens (tertiary/aromatic N) is 1. The molecule has 3 aromatic rings. The van der Waals surface area contributed by atoms with Crippen molar-refractivity contribution >= 4 is 38.8 Å². The first-order valence-electron chi connectivity index (χ1n) is 5.56. The van der Waals surface area contributed by atoms with Crippen molar-refractivity contribution in [3.05, 3.63) is 47.1 Å². The molecule has 0 aliphatic carbocycles. The molecule has 0 bridgehead atoms. The van der Waals surface area contributed by atoms with Crippen molar-refractivity contribution in [2.24, 2.45) is 0 Å². The Hall–Kier alpha value is -1.58. The van der Waals surface area contributed by atoms with Crippen LogP contribution in [-0.4, -0.2) is 4.98 Å². The third kappa shape index (κ3) is 1.85. The van der Waals surface area contributed by atoms with Gasteiger partial charge in [0.15, 0.2) is 0 Å². The average molecular weight is 275 g/mol. The summed E-state index contributed by atoms with van der Waals surface area (Å²) in [5.74, 6) is 0.544. The molecular formula is C14H11ClN2S. The summed E-state index contributed by atoms with van der Waals surface area (Å²) in [7, 11) is 0. The van der Waals surface area contributed by atoms with Crippen LogP contribution in [0.15, 0.2) is 36.5 Å². The number of hydrogen-bond acceptors (Lipinski definition) is 3. The molecule has 3 rings (SSSR count). The first-order chi connectivity index (χ1) is 8.65. The van der Waals surface area contributed by atoms with Crippen molar-refractivity contribution in [1.29, 1.82) is 0 Å². The summed E-state index contributed by atoms with van der Waals surface area (Å²) in [5.41, 5.74) is 8.08. The second-order valence-corrected chi connectivity index (χ2v) is 5.65. The molecular weight excluding hydrogens is 264 g/mol. The summed E-state index contributed by atoms with van der Waals surface area (Å²) in [6.07, 6.45) is 1.74. The highest BCUT2D eigenvalue weighted by Gasteiger charge is 2.10. The van der Waals surface area contributed by atoms with Gasteiger partial charge in [-0.15, -0.1) is 11.3 Å². The Morgan fingerprint density at radius 2 is 2.06 bits per heavy atom. The maximum Gasteiger partial charge on any atom is 0.123 e. The van der Waals surface area contributed by atoms with Crippen LogP contribution >= 0.6 is 22.9 Å². The van der Waals surface area contributed by atoms with Gasteiger partial charge in [0.2, 0.25) is 0 Å². The number of halogens is 1. The van der Waals surface area contributed by atoms with Crippen molar-refractivity contribution < 1.29 is 0 Å². The molecule has 0 aliphatic heterocycles. The minimum Gasteiger partial charge on any atom is -0.384 e. The highest BCUT2D eigenvalue weighted by atomic mass is 35.5. The van der Waals surface area contributed by atoms with E-state index in [9.17, 15) is 0 Å². The number of rotatable bonds is 1. The van der Waals surface area contributed by atoms with E-state index in [2.05, 4.69) is 18.0 Å². The molecule has 0 saturated heterocycles. The Labute approximate surface area is 114 Å². The molecule has 2 N–H and O–H groups in total. The summed E-state index contributed by atoms with van der Waals surface area (Å²) in [6.45, 7) is 2.11. The fourth-order valence-electron chi connectivity index (χ4n) is 2.06. The SMILES string of the molecule is Cc1c(-c2ccnc(N)c2)sc2ccc(Cl)cc12. The zero-order chi connectivity index (χ0) is 12.7. The van der Waals surface area contributed by atoms with Crippen LogP contribution in [0.3, 0.4) is 0 Å². The summed E-state index contributed by atoms with van der Waals surface area (Å²) >= 11 is 7.80. The molecule has 2 nitrogen and oxygen atoms in total. The lowest BCUT2D eigenvalue weighted by Crippen LogP contribution is -1.88. The van der Waals surface area contributed by atoms with Gasteiger partial charge in [0.1, 0.15) is 5.82 Å². The van der Waals surface area contributed by atoms with E-state index in [0.717, 1.165) is 10.6 Å². The van der Waals surface area contributed by atoms with Gasteiger partial charge in [0, 0.05) is 20.8 Å². The number of aromatic nitrogens is 1. The minimum absolute atomic E-state index is 0.544. The highest BCUT2D eigenvalue weighted by Crippen LogP contribution is 2.39. The van der Waals surface area contributed by atoms with Crippen LogP contribution in [0, 0.1) is 6.92 Å². The molecule has 0 fully saturated rings. The van der Waals surface area contributed by atoms with Gasteiger partial charge in [-0.05, 0) is 53.8 Å². The largest absolute Gasteiger partial charge is 0.384 e. The monoisotopic (exact) mass is 274 g/mol. The maximum atomic E-state index is 6.05. The molecule has 0 aliphatic rings. The topological polar surface area (TPSA) is 38.9 Å².